The summed E-state index contributed by atoms with van der Waals surface area (Å²) in [5.74, 6) is -0.451. The van der Waals surface area contributed by atoms with E-state index in [0.29, 0.717) is 21.6 Å². The van der Waals surface area contributed by atoms with Crippen LogP contribution in [0.2, 0.25) is 5.02 Å². The van der Waals surface area contributed by atoms with Crippen molar-refractivity contribution in [3.63, 3.8) is 0 Å². The quantitative estimate of drug-likeness (QED) is 0.494. The highest BCUT2D eigenvalue weighted by molar-refractivity contribution is 6.31. The molecule has 0 fully saturated rings. The number of fused-ring (bicyclic) bond motifs is 1. The molecule has 1 aromatic carbocycles. The van der Waals surface area contributed by atoms with Crippen molar-refractivity contribution in [1.29, 1.82) is 0 Å². The fourth-order valence-electron chi connectivity index (χ4n) is 1.75. The lowest BCUT2D eigenvalue weighted by molar-refractivity contribution is -0.139. The van der Waals surface area contributed by atoms with Crippen LogP contribution in [0.3, 0.4) is 0 Å². The van der Waals surface area contributed by atoms with Crippen molar-refractivity contribution >= 4 is 28.5 Å². The molecular weight excluding hydrogens is 280 g/mol. The van der Waals surface area contributed by atoms with Gasteiger partial charge >= 0.3 is 11.6 Å². The van der Waals surface area contributed by atoms with Gasteiger partial charge in [-0.25, -0.2) is 9.59 Å². The van der Waals surface area contributed by atoms with Crippen molar-refractivity contribution in [3.05, 3.63) is 56.9 Å². The summed E-state index contributed by atoms with van der Waals surface area (Å²) in [6.45, 7) is 3.59. The summed E-state index contributed by atoms with van der Waals surface area (Å²) in [6, 6.07) is 6.21. The van der Waals surface area contributed by atoms with Crippen LogP contribution in [0.5, 0.6) is 0 Å². The molecule has 0 aliphatic heterocycles. The zero-order valence-corrected chi connectivity index (χ0v) is 11.9. The Hall–Kier alpha value is -2.07. The minimum absolute atomic E-state index is 0.00887. The lowest BCUT2D eigenvalue weighted by atomic mass is 10.1. The van der Waals surface area contributed by atoms with Gasteiger partial charge in [-0.05, 0) is 32.0 Å². The molecule has 2 aromatic rings. The topological polar surface area (TPSA) is 56.5 Å². The Labute approximate surface area is 120 Å². The Morgan fingerprint density at radius 3 is 2.80 bits per heavy atom. The first-order chi connectivity index (χ1) is 9.45. The van der Waals surface area contributed by atoms with E-state index < -0.39 is 11.6 Å². The third-order valence-corrected chi connectivity index (χ3v) is 2.80. The number of halogens is 1. The van der Waals surface area contributed by atoms with Gasteiger partial charge in [-0.3, -0.25) is 0 Å². The minimum atomic E-state index is -0.493. The number of hydrogen-bond acceptors (Lipinski definition) is 4. The maximum absolute atomic E-state index is 11.5. The Morgan fingerprint density at radius 1 is 1.35 bits per heavy atom. The van der Waals surface area contributed by atoms with Gasteiger partial charge in [0.25, 0.3) is 0 Å². The summed E-state index contributed by atoms with van der Waals surface area (Å²) in [5, 5.41) is 1.17. The summed E-state index contributed by atoms with van der Waals surface area (Å²) < 4.78 is 10.2. The Morgan fingerprint density at radius 2 is 2.10 bits per heavy atom. The molecule has 104 valence electrons. The summed E-state index contributed by atoms with van der Waals surface area (Å²) in [6.07, 6.45) is 1.39. The fraction of sp³-hybridized carbons (Fsp3) is 0.200. The van der Waals surface area contributed by atoms with E-state index in [1.165, 1.54) is 12.1 Å². The van der Waals surface area contributed by atoms with Crippen LogP contribution < -0.4 is 5.63 Å². The molecule has 4 nitrogen and oxygen atoms in total. The number of carbonyl (C=O) groups is 1. The molecule has 0 aliphatic rings. The van der Waals surface area contributed by atoms with Gasteiger partial charge in [0, 0.05) is 28.1 Å². The second kappa shape index (κ2) is 5.92. The molecule has 1 aromatic heterocycles. The number of benzene rings is 1. The molecule has 0 saturated carbocycles. The molecule has 0 radical (unpaired) electrons. The van der Waals surface area contributed by atoms with Crippen LogP contribution in [0.4, 0.5) is 0 Å². The molecule has 0 N–H and O–H groups in total. The molecule has 5 heteroatoms. The second-order valence-electron chi connectivity index (χ2n) is 4.56. The number of rotatable bonds is 3. The SMILES string of the molecule is CC(C)=CC(=O)OCc1cc(=O)oc2ccc(Cl)cc12. The zero-order valence-electron chi connectivity index (χ0n) is 11.1. The summed E-state index contributed by atoms with van der Waals surface area (Å²) in [7, 11) is 0. The van der Waals surface area contributed by atoms with Crippen LogP contribution in [-0.4, -0.2) is 5.97 Å². The molecule has 20 heavy (non-hydrogen) atoms. The Bertz CT molecular complexity index is 739. The average Bonchev–Trinajstić information content (AvgIpc) is 2.35. The van der Waals surface area contributed by atoms with Crippen LogP contribution >= 0.6 is 11.6 Å². The number of hydrogen-bond donors (Lipinski definition) is 0. The Balaban J connectivity index is 2.34. The van der Waals surface area contributed by atoms with Gasteiger partial charge in [0.2, 0.25) is 0 Å². The monoisotopic (exact) mass is 292 g/mol. The van der Waals surface area contributed by atoms with Gasteiger partial charge < -0.3 is 9.15 Å². The molecule has 0 saturated heterocycles. The summed E-state index contributed by atoms with van der Waals surface area (Å²) in [5.41, 5.74) is 1.33. The van der Waals surface area contributed by atoms with Crippen LogP contribution in [0.1, 0.15) is 19.4 Å². The zero-order chi connectivity index (χ0) is 14.7. The van der Waals surface area contributed by atoms with Gasteiger partial charge in [-0.15, -0.1) is 0 Å². The smallest absolute Gasteiger partial charge is 0.336 e. The third-order valence-electron chi connectivity index (χ3n) is 2.57. The van der Waals surface area contributed by atoms with E-state index >= 15 is 0 Å². The molecule has 0 amide bonds. The van der Waals surface area contributed by atoms with Gasteiger partial charge in [0.05, 0.1) is 0 Å². The predicted octanol–water partition coefficient (Wildman–Crippen LogP) is 3.46. The largest absolute Gasteiger partial charge is 0.458 e. The first kappa shape index (κ1) is 14.3. The minimum Gasteiger partial charge on any atom is -0.458 e. The standard InChI is InChI=1S/C15H13ClO4/c1-9(2)5-14(17)19-8-10-6-15(18)20-13-4-3-11(16)7-12(10)13/h3-7H,8H2,1-2H3. The number of ether oxygens (including phenoxy) is 1. The molecule has 1 heterocycles. The van der Waals surface area contributed by atoms with Gasteiger partial charge in [-0.2, -0.15) is 0 Å². The molecular formula is C15H13ClO4. The van der Waals surface area contributed by atoms with E-state index in [2.05, 4.69) is 0 Å². The van der Waals surface area contributed by atoms with Gasteiger partial charge in [-0.1, -0.05) is 17.2 Å². The van der Waals surface area contributed by atoms with E-state index in [1.54, 1.807) is 32.0 Å². The molecule has 2 rings (SSSR count). The van der Waals surface area contributed by atoms with E-state index in [4.69, 9.17) is 20.8 Å². The van der Waals surface area contributed by atoms with Crippen molar-refractivity contribution in [1.82, 2.24) is 0 Å². The van der Waals surface area contributed by atoms with Gasteiger partial charge in [0.1, 0.15) is 12.2 Å². The second-order valence-corrected chi connectivity index (χ2v) is 5.00. The van der Waals surface area contributed by atoms with E-state index in [1.807, 2.05) is 0 Å². The highest BCUT2D eigenvalue weighted by atomic mass is 35.5. The first-order valence-corrected chi connectivity index (χ1v) is 6.37. The maximum Gasteiger partial charge on any atom is 0.336 e. The molecule has 0 spiro atoms. The van der Waals surface area contributed by atoms with Crippen molar-refractivity contribution in [2.24, 2.45) is 0 Å². The summed E-state index contributed by atoms with van der Waals surface area (Å²) >= 11 is 5.92. The first-order valence-electron chi connectivity index (χ1n) is 5.99. The predicted molar refractivity (Wildman–Crippen MR) is 76.7 cm³/mol. The van der Waals surface area contributed by atoms with Crippen molar-refractivity contribution < 1.29 is 13.9 Å². The third kappa shape index (κ3) is 3.48. The van der Waals surface area contributed by atoms with E-state index in [0.717, 1.165) is 5.57 Å². The van der Waals surface area contributed by atoms with Crippen LogP contribution in [-0.2, 0) is 16.1 Å². The lowest BCUT2D eigenvalue weighted by Gasteiger charge is -2.06. The maximum atomic E-state index is 11.5. The number of esters is 1. The fourth-order valence-corrected chi connectivity index (χ4v) is 1.92. The van der Waals surface area contributed by atoms with Crippen LogP contribution in [0.15, 0.2) is 45.1 Å². The summed E-state index contributed by atoms with van der Waals surface area (Å²) in [4.78, 5) is 22.9. The number of carbonyl (C=O) groups excluding carboxylic acids is 1. The molecule has 0 aliphatic carbocycles. The van der Waals surface area contributed by atoms with Crippen LogP contribution in [0, 0.1) is 0 Å². The molecule has 0 unspecified atom stereocenters. The molecule has 0 atom stereocenters. The van der Waals surface area contributed by atoms with E-state index in [9.17, 15) is 9.59 Å². The normalized spacial score (nSPS) is 10.3. The van der Waals surface area contributed by atoms with Crippen molar-refractivity contribution in [2.75, 3.05) is 0 Å². The number of allylic oxidation sites excluding steroid dienone is 1. The van der Waals surface area contributed by atoms with E-state index in [-0.39, 0.29) is 6.61 Å². The van der Waals surface area contributed by atoms with Gasteiger partial charge in [0.15, 0.2) is 0 Å². The Kier molecular flexibility index (Phi) is 4.25. The highest BCUT2D eigenvalue weighted by Crippen LogP contribution is 2.22. The van der Waals surface area contributed by atoms with Crippen molar-refractivity contribution in [2.45, 2.75) is 20.5 Å². The molecule has 0 bridgehead atoms. The lowest BCUT2D eigenvalue weighted by Crippen LogP contribution is -2.06. The van der Waals surface area contributed by atoms with Crippen LogP contribution in [0.25, 0.3) is 11.0 Å². The average molecular weight is 293 g/mol. The van der Waals surface area contributed by atoms with Crippen molar-refractivity contribution in [3.8, 4) is 0 Å². The highest BCUT2D eigenvalue weighted by Gasteiger charge is 2.08.